The van der Waals surface area contributed by atoms with Gasteiger partial charge in [-0.1, -0.05) is 11.6 Å². The van der Waals surface area contributed by atoms with Crippen LogP contribution in [-0.4, -0.2) is 43.2 Å². The number of rotatable bonds is 6. The highest BCUT2D eigenvalue weighted by Gasteiger charge is 2.40. The number of hydrogen-bond donors (Lipinski definition) is 1. The number of anilines is 1. The van der Waals surface area contributed by atoms with Crippen molar-refractivity contribution >= 4 is 50.2 Å². The van der Waals surface area contributed by atoms with Crippen LogP contribution >= 0.6 is 22.9 Å². The minimum atomic E-state index is -3.87. The van der Waals surface area contributed by atoms with E-state index in [1.807, 2.05) is 0 Å². The van der Waals surface area contributed by atoms with E-state index < -0.39 is 26.9 Å². The Morgan fingerprint density at radius 3 is 2.75 bits per heavy atom. The zero-order valence-corrected chi connectivity index (χ0v) is 17.0. The lowest BCUT2D eigenvalue weighted by Crippen LogP contribution is -2.42. The van der Waals surface area contributed by atoms with E-state index in [-0.39, 0.29) is 27.9 Å². The second-order valence-electron chi connectivity index (χ2n) is 5.96. The molecule has 1 aromatic heterocycles. The normalized spacial score (nSPS) is 17.4. The summed E-state index contributed by atoms with van der Waals surface area (Å²) in [5.41, 5.74) is -0.120. The van der Waals surface area contributed by atoms with Gasteiger partial charge >= 0.3 is 0 Å². The molecule has 1 atom stereocenters. The number of halogens is 1. The predicted octanol–water partition coefficient (Wildman–Crippen LogP) is 3.11. The summed E-state index contributed by atoms with van der Waals surface area (Å²) in [5, 5.41) is 13.6. The Bertz CT molecular complexity index is 1020. The van der Waals surface area contributed by atoms with Crippen LogP contribution in [0.25, 0.3) is 0 Å². The number of nitrogens with zero attached hydrogens (tertiary/aromatic N) is 2. The topological polar surface area (TPSA) is 119 Å². The Morgan fingerprint density at radius 2 is 2.14 bits per heavy atom. The first-order valence-corrected chi connectivity index (χ1v) is 10.8. The first kappa shape index (κ1) is 20.5. The number of thiophene rings is 1. The van der Waals surface area contributed by atoms with Crippen molar-refractivity contribution in [2.24, 2.45) is 0 Å². The molecule has 0 bridgehead atoms. The average Bonchev–Trinajstić information content (AvgIpc) is 3.31. The summed E-state index contributed by atoms with van der Waals surface area (Å²) in [7, 11) is -2.51. The lowest BCUT2D eigenvalue weighted by atomic mass is 10.2. The number of nitro benzene ring substituents is 1. The number of amides is 1. The molecule has 9 nitrogen and oxygen atoms in total. The number of nitrogens with one attached hydrogen (secondary N) is 1. The molecule has 1 N–H and O–H groups in total. The maximum absolute atomic E-state index is 12.9. The van der Waals surface area contributed by atoms with Crippen molar-refractivity contribution in [3.05, 3.63) is 44.8 Å². The Hall–Kier alpha value is -2.21. The molecule has 1 aliphatic heterocycles. The van der Waals surface area contributed by atoms with Crippen LogP contribution in [0.1, 0.15) is 12.8 Å². The van der Waals surface area contributed by atoms with E-state index >= 15 is 0 Å². The third kappa shape index (κ3) is 3.97. The molecule has 3 rings (SSSR count). The minimum absolute atomic E-state index is 0.0603. The minimum Gasteiger partial charge on any atom is -0.495 e. The molecular formula is C16H16ClN3O6S2. The van der Waals surface area contributed by atoms with Gasteiger partial charge in [-0.25, -0.2) is 8.42 Å². The largest absolute Gasteiger partial charge is 0.495 e. The number of carbonyl (C=O) groups is 1. The van der Waals surface area contributed by atoms with Gasteiger partial charge in [0.05, 0.1) is 22.1 Å². The first-order chi connectivity index (χ1) is 13.2. The number of benzene rings is 1. The van der Waals surface area contributed by atoms with Crippen molar-refractivity contribution < 1.29 is 22.9 Å². The Morgan fingerprint density at radius 1 is 1.39 bits per heavy atom. The Balaban J connectivity index is 1.86. The van der Waals surface area contributed by atoms with Gasteiger partial charge in [-0.05, 0) is 31.0 Å². The average molecular weight is 446 g/mol. The van der Waals surface area contributed by atoms with Crippen molar-refractivity contribution in [3.63, 3.8) is 0 Å². The quantitative estimate of drug-likeness (QED) is 0.539. The van der Waals surface area contributed by atoms with Crippen LogP contribution in [0.4, 0.5) is 11.4 Å². The monoisotopic (exact) mass is 445 g/mol. The highest BCUT2D eigenvalue weighted by atomic mass is 35.5. The smallest absolute Gasteiger partial charge is 0.271 e. The van der Waals surface area contributed by atoms with Gasteiger partial charge in [-0.3, -0.25) is 14.9 Å². The lowest BCUT2D eigenvalue weighted by Gasteiger charge is -2.23. The molecule has 150 valence electrons. The molecule has 0 spiro atoms. The molecule has 0 unspecified atom stereocenters. The van der Waals surface area contributed by atoms with Crippen molar-refractivity contribution in [2.45, 2.75) is 23.1 Å². The molecule has 2 aromatic rings. The van der Waals surface area contributed by atoms with Crippen LogP contribution in [-0.2, 0) is 14.8 Å². The lowest BCUT2D eigenvalue weighted by molar-refractivity contribution is -0.384. The van der Waals surface area contributed by atoms with Crippen LogP contribution in [0.15, 0.2) is 34.5 Å². The number of carbonyl (C=O) groups excluding carboxylic acids is 1. The molecule has 1 aliphatic rings. The van der Waals surface area contributed by atoms with E-state index in [1.54, 1.807) is 0 Å². The zero-order valence-electron chi connectivity index (χ0n) is 14.6. The predicted molar refractivity (Wildman–Crippen MR) is 105 cm³/mol. The van der Waals surface area contributed by atoms with Crippen LogP contribution in [0.2, 0.25) is 4.34 Å². The number of ether oxygens (including phenoxy) is 1. The molecule has 12 heteroatoms. The fraction of sp³-hybridized carbons (Fsp3) is 0.312. The van der Waals surface area contributed by atoms with Gasteiger partial charge in [0, 0.05) is 18.7 Å². The van der Waals surface area contributed by atoms with E-state index in [9.17, 15) is 23.3 Å². The number of sulfonamides is 1. The van der Waals surface area contributed by atoms with Gasteiger partial charge < -0.3 is 10.1 Å². The number of non-ortho nitro benzene ring substituents is 1. The van der Waals surface area contributed by atoms with Crippen molar-refractivity contribution in [1.82, 2.24) is 4.31 Å². The van der Waals surface area contributed by atoms with E-state index in [2.05, 4.69) is 5.32 Å². The maximum atomic E-state index is 12.9. The van der Waals surface area contributed by atoms with Crippen LogP contribution < -0.4 is 10.1 Å². The zero-order chi connectivity index (χ0) is 20.5. The van der Waals surface area contributed by atoms with E-state index in [1.165, 1.54) is 37.4 Å². The molecule has 0 radical (unpaired) electrons. The van der Waals surface area contributed by atoms with Gasteiger partial charge in [-0.15, -0.1) is 11.3 Å². The number of nitro groups is 1. The van der Waals surface area contributed by atoms with E-state index in [4.69, 9.17) is 16.3 Å². The molecular weight excluding hydrogens is 430 g/mol. The summed E-state index contributed by atoms with van der Waals surface area (Å²) < 4.78 is 32.4. The van der Waals surface area contributed by atoms with Crippen LogP contribution in [0.3, 0.4) is 0 Å². The SMILES string of the molecule is COc1ccc([N+](=O)[O-])cc1NC(=O)[C@@H]1CCCN1S(=O)(=O)c1ccc(Cl)s1. The molecule has 2 heterocycles. The second-order valence-corrected chi connectivity index (χ2v) is 9.80. The second kappa shape index (κ2) is 8.03. The standard InChI is InChI=1S/C16H16ClN3O6S2/c1-26-13-5-4-10(20(22)23)9-11(13)18-16(21)12-3-2-8-19(12)28(24,25)15-7-6-14(17)27-15/h4-7,9,12H,2-3,8H2,1H3,(H,18,21)/t12-/m0/s1. The van der Waals surface area contributed by atoms with Gasteiger partial charge in [0.2, 0.25) is 5.91 Å². The maximum Gasteiger partial charge on any atom is 0.271 e. The molecule has 28 heavy (non-hydrogen) atoms. The number of hydrogen-bond acceptors (Lipinski definition) is 7. The Kier molecular flexibility index (Phi) is 5.89. The summed E-state index contributed by atoms with van der Waals surface area (Å²) in [5.74, 6) is -0.348. The summed E-state index contributed by atoms with van der Waals surface area (Å²) in [6.07, 6.45) is 0.851. The third-order valence-corrected chi connectivity index (χ3v) is 7.88. The molecule has 0 aliphatic carbocycles. The fourth-order valence-electron chi connectivity index (χ4n) is 2.97. The summed E-state index contributed by atoms with van der Waals surface area (Å²) in [6.45, 7) is 0.196. The summed E-state index contributed by atoms with van der Waals surface area (Å²) in [6, 6.07) is 5.74. The molecule has 1 amide bonds. The highest BCUT2D eigenvalue weighted by Crippen LogP contribution is 2.34. The van der Waals surface area contributed by atoms with Gasteiger partial charge in [0.25, 0.3) is 15.7 Å². The molecule has 1 saturated heterocycles. The van der Waals surface area contributed by atoms with Crippen molar-refractivity contribution in [1.29, 1.82) is 0 Å². The van der Waals surface area contributed by atoms with Gasteiger partial charge in [0.15, 0.2) is 0 Å². The fourth-order valence-corrected chi connectivity index (χ4v) is 6.23. The third-order valence-electron chi connectivity index (χ3n) is 4.27. The van der Waals surface area contributed by atoms with Crippen LogP contribution in [0, 0.1) is 10.1 Å². The van der Waals surface area contributed by atoms with Crippen LogP contribution in [0.5, 0.6) is 5.75 Å². The highest BCUT2D eigenvalue weighted by molar-refractivity contribution is 7.91. The Labute approximate surface area is 170 Å². The summed E-state index contributed by atoms with van der Waals surface area (Å²) in [4.78, 5) is 23.2. The molecule has 1 fully saturated rings. The van der Waals surface area contributed by atoms with Gasteiger partial charge in [-0.2, -0.15) is 4.31 Å². The van der Waals surface area contributed by atoms with E-state index in [0.29, 0.717) is 17.2 Å². The molecule has 0 saturated carbocycles. The molecule has 1 aromatic carbocycles. The van der Waals surface area contributed by atoms with Gasteiger partial charge in [0.1, 0.15) is 16.0 Å². The van der Waals surface area contributed by atoms with Crippen molar-refractivity contribution in [2.75, 3.05) is 19.0 Å². The van der Waals surface area contributed by atoms with E-state index in [0.717, 1.165) is 15.6 Å². The van der Waals surface area contributed by atoms with Crippen molar-refractivity contribution in [3.8, 4) is 5.75 Å². The number of methoxy groups -OCH3 is 1. The summed E-state index contributed by atoms with van der Waals surface area (Å²) >= 11 is 6.76. The first-order valence-electron chi connectivity index (χ1n) is 8.14.